The topological polar surface area (TPSA) is 194 Å². The fraction of sp³-hybridized carbons (Fsp3) is 0.833. The van der Waals surface area contributed by atoms with E-state index in [4.69, 9.17) is 33.2 Å². The number of hydrogen-bond acceptors (Lipinski definition) is 13. The van der Waals surface area contributed by atoms with Crippen LogP contribution in [0.2, 0.25) is 0 Å². The number of carbonyl (C=O) groups is 3. The zero-order valence-corrected chi connectivity index (χ0v) is 28.1. The third-order valence-corrected chi connectivity index (χ3v) is 9.10. The van der Waals surface area contributed by atoms with Crippen molar-refractivity contribution in [2.24, 2.45) is 21.7 Å². The number of alkyl halides is 3. The Labute approximate surface area is 268 Å². The van der Waals surface area contributed by atoms with Crippen LogP contribution in [0.1, 0.15) is 48.0 Å². The summed E-state index contributed by atoms with van der Waals surface area (Å²) in [5, 5.41) is 3.66. The predicted octanol–water partition coefficient (Wildman–Crippen LogP) is 3.01. The molecule has 22 heteroatoms. The van der Waals surface area contributed by atoms with Gasteiger partial charge in [0, 0.05) is 13.8 Å². The molecule has 13 atom stereocenters. The van der Waals surface area contributed by atoms with Crippen LogP contribution in [0.5, 0.6) is 0 Å². The molecule has 1 radical (unpaired) electrons. The van der Waals surface area contributed by atoms with Crippen molar-refractivity contribution in [1.29, 1.82) is 0 Å². The van der Waals surface area contributed by atoms with Crippen molar-refractivity contribution in [2.75, 3.05) is 6.61 Å². The molecule has 2 aliphatic rings. The Balaban J connectivity index is 2.67. The summed E-state index contributed by atoms with van der Waals surface area (Å²) in [6.07, 6.45) is -14.4. The van der Waals surface area contributed by atoms with Crippen LogP contribution in [0.4, 0.5) is 13.2 Å². The summed E-state index contributed by atoms with van der Waals surface area (Å²) in [6, 6.07) is -1.58. The number of halogens is 3. The van der Waals surface area contributed by atoms with Crippen LogP contribution in [-0.2, 0) is 52.2 Å². The molecule has 0 aromatic carbocycles. The molecule has 2 aliphatic heterocycles. The van der Waals surface area contributed by atoms with Gasteiger partial charge in [0.15, 0.2) is 0 Å². The number of azide groups is 1. The normalized spacial score (nSPS) is 32.4. The van der Waals surface area contributed by atoms with Gasteiger partial charge in [0.1, 0.15) is 0 Å². The van der Waals surface area contributed by atoms with Gasteiger partial charge in [-0.1, -0.05) is 0 Å². The van der Waals surface area contributed by atoms with E-state index in [0.717, 1.165) is 20.8 Å². The molecule has 2 saturated heterocycles. The summed E-state index contributed by atoms with van der Waals surface area (Å²) in [5.74, 6) is -4.98. The maximum atomic E-state index is 13.8. The van der Waals surface area contributed by atoms with Crippen LogP contribution in [0.25, 0.3) is 10.4 Å². The molecule has 0 bridgehead atoms. The quantitative estimate of drug-likeness (QED) is 0.0316. The van der Waals surface area contributed by atoms with E-state index in [-0.39, 0.29) is 14.4 Å². The Bertz CT molecular complexity index is 1170. The second-order valence-corrected chi connectivity index (χ2v) is 12.1. The molecule has 0 N–H and O–H groups in total. The Morgan fingerprint density at radius 1 is 1.04 bits per heavy atom. The Morgan fingerprint density at radius 3 is 2.17 bits per heavy atom. The van der Waals surface area contributed by atoms with Crippen molar-refractivity contribution >= 4 is 55.6 Å². The molecule has 2 heterocycles. The Hall–Kier alpha value is -2.35. The van der Waals surface area contributed by atoms with E-state index in [1.54, 1.807) is 16.3 Å². The van der Waals surface area contributed by atoms with E-state index >= 15 is 0 Å². The number of esters is 3. The van der Waals surface area contributed by atoms with Crippen molar-refractivity contribution in [2.45, 2.75) is 109 Å². The fourth-order valence-electron chi connectivity index (χ4n) is 5.08. The molecule has 46 heavy (non-hydrogen) atoms. The number of hydrogen-bond donors (Lipinski definition) is 0. The zero-order valence-electron chi connectivity index (χ0n) is 25.9. The van der Waals surface area contributed by atoms with Crippen molar-refractivity contribution < 1.29 is 65.4 Å². The Morgan fingerprint density at radius 2 is 1.67 bits per heavy atom. The summed E-state index contributed by atoms with van der Waals surface area (Å²) >= 11 is 0. The summed E-state index contributed by atoms with van der Waals surface area (Å²) < 4.78 is 95.1. The molecule has 0 aromatic heterocycles. The van der Waals surface area contributed by atoms with E-state index in [1.165, 1.54) is 6.89 Å². The van der Waals surface area contributed by atoms with E-state index in [1.807, 2.05) is 13.8 Å². The van der Waals surface area contributed by atoms with E-state index in [2.05, 4.69) is 14.8 Å². The first-order valence-corrected chi connectivity index (χ1v) is 15.8. The summed E-state index contributed by atoms with van der Waals surface area (Å²) in [4.78, 5) is 38.5. The van der Waals surface area contributed by atoms with Crippen LogP contribution in [-0.4, -0.2) is 105 Å². The molecule has 0 spiro atoms. The molecular weight excluding hydrogens is 661 g/mol. The molecule has 255 valence electrons. The number of ether oxygens (including phenoxy) is 7. The van der Waals surface area contributed by atoms with Crippen molar-refractivity contribution in [3.63, 3.8) is 0 Å². The van der Waals surface area contributed by atoms with Crippen molar-refractivity contribution in [3.8, 4) is 0 Å². The van der Waals surface area contributed by atoms with Gasteiger partial charge in [0.2, 0.25) is 0 Å². The van der Waals surface area contributed by atoms with Gasteiger partial charge < -0.3 is 0 Å². The summed E-state index contributed by atoms with van der Waals surface area (Å²) in [6.45, 7) is 9.38. The van der Waals surface area contributed by atoms with Gasteiger partial charge in [-0.25, -0.2) is 0 Å². The first-order chi connectivity index (χ1) is 21.6. The van der Waals surface area contributed by atoms with Crippen molar-refractivity contribution in [3.05, 3.63) is 10.4 Å². The SMILES string of the molecule is CC[C@H](C)C1OC(OC(=NP)C(F)(F)F)C(O[C@H]2OC(COC(C)=O)[C@@H](OC(C)=O)C(OC(C)=O)C2N=[N+]=[N-])[C@@H](C)[C@@H]1P[B]B=O. The molecule has 0 aliphatic carbocycles. The molecule has 8 unspecified atom stereocenters. The van der Waals surface area contributed by atoms with E-state index < -0.39 is 97.3 Å². The predicted molar refractivity (Wildman–Crippen MR) is 160 cm³/mol. The van der Waals surface area contributed by atoms with Crippen LogP contribution < -0.4 is 0 Å². The Kier molecular flexibility index (Phi) is 15.8. The fourth-order valence-corrected chi connectivity index (χ4v) is 6.68. The van der Waals surface area contributed by atoms with Crippen LogP contribution >= 0.6 is 17.8 Å². The van der Waals surface area contributed by atoms with Gasteiger partial charge in [-0.2, -0.15) is 0 Å². The molecule has 0 aromatic rings. The van der Waals surface area contributed by atoms with Crippen LogP contribution in [0, 0.1) is 11.8 Å². The average Bonchev–Trinajstić information content (AvgIpc) is 2.96. The first-order valence-electron chi connectivity index (χ1n) is 14.1. The minimum absolute atomic E-state index is 0.135. The minimum atomic E-state index is -5.02. The molecule has 2 rings (SSSR count). The first kappa shape index (κ1) is 39.8. The second kappa shape index (κ2) is 18.3. The van der Waals surface area contributed by atoms with Gasteiger partial charge >= 0.3 is 245 Å². The van der Waals surface area contributed by atoms with Crippen molar-refractivity contribution in [1.82, 2.24) is 0 Å². The molecule has 0 amide bonds. The monoisotopic (exact) mass is 697 g/mol. The molecule has 0 saturated carbocycles. The van der Waals surface area contributed by atoms with E-state index in [0.29, 0.717) is 13.5 Å². The number of nitrogens with zero attached hydrogens (tertiary/aromatic N) is 4. The third-order valence-electron chi connectivity index (χ3n) is 7.29. The molecule has 2 fully saturated rings. The van der Waals surface area contributed by atoms with Gasteiger partial charge in [-0.3, -0.25) is 9.59 Å². The van der Waals surface area contributed by atoms with Gasteiger partial charge in [0.25, 0.3) is 0 Å². The van der Waals surface area contributed by atoms with Gasteiger partial charge in [-0.05, 0) is 0 Å². The third kappa shape index (κ3) is 10.8. The summed E-state index contributed by atoms with van der Waals surface area (Å²) in [7, 11) is 2.04. The zero-order chi connectivity index (χ0) is 34.8. The molecular formula is C24H36B2F3N4O11P2. The standard InChI is InChI=1S/C24H36B2F3N4O11P2/c1-7-9(2)16-20(46-26-25-37)10(3)17(22(42-16)44-23(32-45)24(27,28)29)43-21-15(31-33-30)19(40-13(6)36)18(39-12(5)35)14(41-21)8-38-11(4)34/h9-10,14-22,46H,7-8,45H2,1-6H3/t9-,10+,14?,15?,16?,17?,18+,19?,20-,21+,22?/m0/s1. The number of carbonyl (C=O) groups excluding carboxylic acids is 3. The van der Waals surface area contributed by atoms with E-state index in [9.17, 15) is 37.8 Å². The second-order valence-electron chi connectivity index (χ2n) is 10.5. The summed E-state index contributed by atoms with van der Waals surface area (Å²) in [5.41, 5.74) is 8.96. The maximum absolute atomic E-state index is 13.8. The molecule has 15 nitrogen and oxygen atoms in total. The van der Waals surface area contributed by atoms with Crippen LogP contribution in [0.15, 0.2) is 9.88 Å². The van der Waals surface area contributed by atoms with Gasteiger partial charge in [0.05, 0.1) is 0 Å². The van der Waals surface area contributed by atoms with Gasteiger partial charge in [-0.15, -0.1) is 0 Å². The van der Waals surface area contributed by atoms with Crippen LogP contribution in [0.3, 0.4) is 0 Å². The average molecular weight is 697 g/mol. The number of rotatable bonds is 13.